The maximum atomic E-state index is 5.98. The zero-order valence-corrected chi connectivity index (χ0v) is 11.2. The van der Waals surface area contributed by atoms with Gasteiger partial charge in [0.15, 0.2) is 5.96 Å². The molecule has 0 aliphatic heterocycles. The van der Waals surface area contributed by atoms with Crippen LogP contribution in [0.4, 0.5) is 0 Å². The normalized spacial score (nSPS) is 22.7. The van der Waals surface area contributed by atoms with E-state index in [1.807, 2.05) is 25.1 Å². The van der Waals surface area contributed by atoms with E-state index < -0.39 is 0 Å². The molecule has 2 rings (SSSR count). The monoisotopic (exact) mass is 263 g/mol. The molecule has 0 radical (unpaired) electrons. The fourth-order valence-corrected chi connectivity index (χ4v) is 2.11. The Kier molecular flexibility index (Phi) is 3.92. The van der Waals surface area contributed by atoms with E-state index in [9.17, 15) is 0 Å². The van der Waals surface area contributed by atoms with Crippen LogP contribution < -0.4 is 11.1 Å². The minimum Gasteiger partial charge on any atom is -0.370 e. The zero-order valence-electron chi connectivity index (χ0n) is 10.5. The van der Waals surface area contributed by atoms with Gasteiger partial charge in [-0.15, -0.1) is 0 Å². The van der Waals surface area contributed by atoms with Gasteiger partial charge in [-0.2, -0.15) is 0 Å². The second kappa shape index (κ2) is 5.44. The first kappa shape index (κ1) is 13.0. The number of nitrogens with zero attached hydrogens (tertiary/aromatic N) is 1. The fraction of sp³-hybridized carbons (Fsp3) is 0.357. The van der Waals surface area contributed by atoms with Gasteiger partial charge in [-0.1, -0.05) is 35.9 Å². The zero-order chi connectivity index (χ0) is 13.1. The minimum absolute atomic E-state index is 0.373. The van der Waals surface area contributed by atoms with Crippen LogP contribution in [0.25, 0.3) is 0 Å². The summed E-state index contributed by atoms with van der Waals surface area (Å²) >= 11 is 5.98. The van der Waals surface area contributed by atoms with E-state index in [0.29, 0.717) is 24.5 Å². The summed E-state index contributed by atoms with van der Waals surface area (Å²) in [6.45, 7) is 6.30. The molecule has 2 atom stereocenters. The van der Waals surface area contributed by atoms with E-state index in [2.05, 4.69) is 23.0 Å². The van der Waals surface area contributed by atoms with Gasteiger partial charge in [-0.25, -0.2) is 4.99 Å². The van der Waals surface area contributed by atoms with Crippen molar-refractivity contribution in [2.75, 3.05) is 6.54 Å². The first-order chi connectivity index (χ1) is 8.56. The molecule has 0 amide bonds. The maximum Gasteiger partial charge on any atom is 0.189 e. The fourth-order valence-electron chi connectivity index (χ4n) is 1.92. The molecule has 0 heterocycles. The Bertz CT molecular complexity index is 482. The highest BCUT2D eigenvalue weighted by atomic mass is 35.5. The molecule has 0 spiro atoms. The van der Waals surface area contributed by atoms with Crippen molar-refractivity contribution in [2.24, 2.45) is 10.7 Å². The Balaban J connectivity index is 1.88. The molecule has 1 saturated carbocycles. The predicted molar refractivity (Wildman–Crippen MR) is 77.0 cm³/mol. The quantitative estimate of drug-likeness (QED) is 0.499. The van der Waals surface area contributed by atoms with Gasteiger partial charge in [0.2, 0.25) is 0 Å². The van der Waals surface area contributed by atoms with Crippen LogP contribution in [0, 0.1) is 0 Å². The molecule has 1 fully saturated rings. The van der Waals surface area contributed by atoms with Gasteiger partial charge >= 0.3 is 0 Å². The van der Waals surface area contributed by atoms with Gasteiger partial charge in [0.05, 0.1) is 6.54 Å². The number of nitrogens with two attached hydrogens (primary N) is 1. The SMILES string of the molecule is C=C(C)CN=C(N)NC1CC1c1cccc(Cl)c1. The second-order valence-electron chi connectivity index (χ2n) is 4.81. The Morgan fingerprint density at radius 2 is 2.39 bits per heavy atom. The lowest BCUT2D eigenvalue weighted by Crippen LogP contribution is -2.34. The number of benzene rings is 1. The molecule has 0 saturated heterocycles. The number of hydrogen-bond donors (Lipinski definition) is 2. The predicted octanol–water partition coefficient (Wildman–Crippen LogP) is 2.68. The molecule has 1 aliphatic rings. The first-order valence-electron chi connectivity index (χ1n) is 6.02. The van der Waals surface area contributed by atoms with Crippen molar-refractivity contribution < 1.29 is 0 Å². The number of aliphatic imine (C=N–C) groups is 1. The highest BCUT2D eigenvalue weighted by molar-refractivity contribution is 6.30. The molecule has 18 heavy (non-hydrogen) atoms. The maximum absolute atomic E-state index is 5.98. The van der Waals surface area contributed by atoms with Crippen LogP contribution in [0.2, 0.25) is 5.02 Å². The number of nitrogens with one attached hydrogen (secondary N) is 1. The second-order valence-corrected chi connectivity index (χ2v) is 5.24. The molecule has 2 unspecified atom stereocenters. The van der Waals surface area contributed by atoms with Crippen LogP contribution >= 0.6 is 11.6 Å². The lowest BCUT2D eigenvalue weighted by atomic mass is 10.1. The Hall–Kier alpha value is -1.48. The van der Waals surface area contributed by atoms with E-state index in [0.717, 1.165) is 17.0 Å². The van der Waals surface area contributed by atoms with E-state index in [1.54, 1.807) is 0 Å². The van der Waals surface area contributed by atoms with Crippen LogP contribution in [0.3, 0.4) is 0 Å². The molecule has 0 aromatic heterocycles. The average molecular weight is 264 g/mol. The molecule has 3 nitrogen and oxygen atoms in total. The summed E-state index contributed by atoms with van der Waals surface area (Å²) < 4.78 is 0. The highest BCUT2D eigenvalue weighted by Gasteiger charge is 2.38. The number of hydrogen-bond acceptors (Lipinski definition) is 1. The summed E-state index contributed by atoms with van der Waals surface area (Å²) in [5.74, 6) is 0.981. The van der Waals surface area contributed by atoms with E-state index in [1.165, 1.54) is 5.56 Å². The van der Waals surface area contributed by atoms with Crippen LogP contribution in [0.1, 0.15) is 24.8 Å². The minimum atomic E-state index is 0.373. The molecule has 0 bridgehead atoms. The third kappa shape index (κ3) is 3.50. The van der Waals surface area contributed by atoms with Crippen molar-refractivity contribution in [3.8, 4) is 0 Å². The van der Waals surface area contributed by atoms with Crippen LogP contribution in [0.5, 0.6) is 0 Å². The topological polar surface area (TPSA) is 50.4 Å². The number of rotatable bonds is 4. The van der Waals surface area contributed by atoms with Gasteiger partial charge in [-0.05, 0) is 31.0 Å². The summed E-state index contributed by atoms with van der Waals surface area (Å²) in [5, 5.41) is 4.00. The van der Waals surface area contributed by atoms with Gasteiger partial charge in [0.1, 0.15) is 0 Å². The van der Waals surface area contributed by atoms with Gasteiger partial charge in [0, 0.05) is 17.0 Å². The van der Waals surface area contributed by atoms with Crippen molar-refractivity contribution in [3.05, 3.63) is 47.0 Å². The number of halogens is 1. The van der Waals surface area contributed by atoms with Gasteiger partial charge in [0.25, 0.3) is 0 Å². The molecular formula is C14H18ClN3. The molecule has 1 aromatic carbocycles. The molecule has 1 aromatic rings. The van der Waals surface area contributed by atoms with Crippen molar-refractivity contribution in [1.82, 2.24) is 5.32 Å². The van der Waals surface area contributed by atoms with E-state index in [4.69, 9.17) is 17.3 Å². The lowest BCUT2D eigenvalue weighted by Gasteiger charge is -2.05. The Morgan fingerprint density at radius 1 is 1.61 bits per heavy atom. The Labute approximate surface area is 113 Å². The third-order valence-electron chi connectivity index (χ3n) is 2.92. The Morgan fingerprint density at radius 3 is 3.06 bits per heavy atom. The van der Waals surface area contributed by atoms with Gasteiger partial charge in [-0.3, -0.25) is 0 Å². The first-order valence-corrected chi connectivity index (χ1v) is 6.40. The van der Waals surface area contributed by atoms with E-state index in [-0.39, 0.29) is 0 Å². The van der Waals surface area contributed by atoms with Crippen molar-refractivity contribution >= 4 is 17.6 Å². The molecule has 4 heteroatoms. The van der Waals surface area contributed by atoms with Crippen LogP contribution in [-0.4, -0.2) is 18.5 Å². The van der Waals surface area contributed by atoms with Gasteiger partial charge < -0.3 is 11.1 Å². The molecule has 3 N–H and O–H groups in total. The van der Waals surface area contributed by atoms with E-state index >= 15 is 0 Å². The smallest absolute Gasteiger partial charge is 0.189 e. The largest absolute Gasteiger partial charge is 0.370 e. The summed E-state index contributed by atoms with van der Waals surface area (Å²) in [6, 6.07) is 8.34. The van der Waals surface area contributed by atoms with Crippen molar-refractivity contribution in [2.45, 2.75) is 25.3 Å². The van der Waals surface area contributed by atoms with Crippen molar-refractivity contribution in [1.29, 1.82) is 0 Å². The molecule has 96 valence electrons. The standard InChI is InChI=1S/C14H18ClN3/c1-9(2)8-17-14(16)18-13-7-12(13)10-4-3-5-11(15)6-10/h3-6,12-13H,1,7-8H2,2H3,(H3,16,17,18). The van der Waals surface area contributed by atoms with Crippen LogP contribution in [0.15, 0.2) is 41.4 Å². The summed E-state index contributed by atoms with van der Waals surface area (Å²) in [7, 11) is 0. The average Bonchev–Trinajstić information content (AvgIpc) is 3.06. The molecular weight excluding hydrogens is 246 g/mol. The summed E-state index contributed by atoms with van der Waals surface area (Å²) in [5.41, 5.74) is 8.06. The van der Waals surface area contributed by atoms with Crippen molar-refractivity contribution in [3.63, 3.8) is 0 Å². The highest BCUT2D eigenvalue weighted by Crippen LogP contribution is 2.41. The molecule has 1 aliphatic carbocycles. The van der Waals surface area contributed by atoms with Crippen LogP contribution in [-0.2, 0) is 0 Å². The summed E-state index contributed by atoms with van der Waals surface area (Å²) in [4.78, 5) is 4.21. The third-order valence-corrected chi connectivity index (χ3v) is 3.15. The lowest BCUT2D eigenvalue weighted by molar-refractivity contribution is 0.852. The summed E-state index contributed by atoms with van der Waals surface area (Å²) in [6.07, 6.45) is 1.07. The number of guanidine groups is 1.